The normalized spacial score (nSPS) is 11.4. The Morgan fingerprint density at radius 3 is 2.44 bits per heavy atom. The molecule has 0 saturated carbocycles. The number of anilines is 1. The highest BCUT2D eigenvalue weighted by Gasteiger charge is 2.16. The van der Waals surface area contributed by atoms with Gasteiger partial charge in [-0.15, -0.1) is 0 Å². The number of hydrogen-bond acceptors (Lipinski definition) is 3. The van der Waals surface area contributed by atoms with Crippen LogP contribution in [0.2, 0.25) is 0 Å². The summed E-state index contributed by atoms with van der Waals surface area (Å²) >= 11 is 0. The third kappa shape index (κ3) is 4.31. The van der Waals surface area contributed by atoms with Gasteiger partial charge in [0.25, 0.3) is 0 Å². The predicted octanol–water partition coefficient (Wildman–Crippen LogP) is 2.59. The first-order chi connectivity index (χ1) is 8.61. The van der Waals surface area contributed by atoms with Crippen molar-refractivity contribution in [3.05, 3.63) is 24.3 Å². The van der Waals surface area contributed by atoms with Gasteiger partial charge in [0.15, 0.2) is 0 Å². The van der Waals surface area contributed by atoms with Crippen LogP contribution in [-0.2, 0) is 10.0 Å². The van der Waals surface area contributed by atoms with Crippen molar-refractivity contribution in [1.82, 2.24) is 4.72 Å². The lowest BCUT2D eigenvalue weighted by Gasteiger charge is -2.12. The van der Waals surface area contributed by atoms with E-state index in [1.54, 1.807) is 18.2 Å². The van der Waals surface area contributed by atoms with Gasteiger partial charge >= 0.3 is 0 Å². The Bertz CT molecular complexity index is 458. The van der Waals surface area contributed by atoms with E-state index >= 15 is 0 Å². The van der Waals surface area contributed by atoms with Gasteiger partial charge in [0.2, 0.25) is 10.0 Å². The van der Waals surface area contributed by atoms with E-state index in [4.69, 9.17) is 0 Å². The van der Waals surface area contributed by atoms with Crippen LogP contribution >= 0.6 is 0 Å². The molecule has 0 radical (unpaired) electrons. The van der Waals surface area contributed by atoms with Crippen molar-refractivity contribution in [2.24, 2.45) is 0 Å². The number of nitrogens with one attached hydrogen (secondary N) is 2. The number of sulfonamides is 1. The highest BCUT2D eigenvalue weighted by Crippen LogP contribution is 2.20. The van der Waals surface area contributed by atoms with E-state index in [2.05, 4.69) is 17.0 Å². The summed E-state index contributed by atoms with van der Waals surface area (Å²) in [6, 6.07) is 7.01. The third-order valence-corrected chi connectivity index (χ3v) is 4.08. The fraction of sp³-hybridized carbons (Fsp3) is 0.538. The molecule has 0 bridgehead atoms. The molecule has 0 aliphatic carbocycles. The van der Waals surface area contributed by atoms with Crippen LogP contribution < -0.4 is 10.0 Å². The van der Waals surface area contributed by atoms with Crippen molar-refractivity contribution >= 4 is 15.7 Å². The minimum absolute atomic E-state index is 0.328. The Labute approximate surface area is 110 Å². The summed E-state index contributed by atoms with van der Waals surface area (Å²) in [5, 5.41) is 3.18. The first-order valence-corrected chi connectivity index (χ1v) is 7.92. The Morgan fingerprint density at radius 2 is 1.78 bits per heavy atom. The molecule has 0 heterocycles. The van der Waals surface area contributed by atoms with E-state index in [-0.39, 0.29) is 0 Å². The highest BCUT2D eigenvalue weighted by atomic mass is 32.2. The largest absolute Gasteiger partial charge is 0.384 e. The molecule has 0 spiro atoms. The molecular weight excluding hydrogens is 248 g/mol. The highest BCUT2D eigenvalue weighted by molar-refractivity contribution is 7.89. The fourth-order valence-electron chi connectivity index (χ4n) is 1.56. The monoisotopic (exact) mass is 270 g/mol. The Hall–Kier alpha value is -1.07. The van der Waals surface area contributed by atoms with Gasteiger partial charge in [-0.1, -0.05) is 32.4 Å². The van der Waals surface area contributed by atoms with Crippen LogP contribution in [0.4, 0.5) is 5.69 Å². The third-order valence-electron chi connectivity index (χ3n) is 2.56. The van der Waals surface area contributed by atoms with Crippen LogP contribution in [0, 0.1) is 0 Å². The molecule has 0 unspecified atom stereocenters. The van der Waals surface area contributed by atoms with Crippen LogP contribution in [-0.4, -0.2) is 21.5 Å². The van der Waals surface area contributed by atoms with Crippen molar-refractivity contribution < 1.29 is 8.42 Å². The van der Waals surface area contributed by atoms with Crippen molar-refractivity contribution in [3.8, 4) is 0 Å². The second-order valence-corrected chi connectivity index (χ2v) is 5.91. The van der Waals surface area contributed by atoms with Crippen molar-refractivity contribution in [2.75, 3.05) is 18.4 Å². The van der Waals surface area contributed by atoms with Gasteiger partial charge in [-0.3, -0.25) is 0 Å². The molecule has 0 aromatic heterocycles. The molecule has 4 nitrogen and oxygen atoms in total. The summed E-state index contributed by atoms with van der Waals surface area (Å²) in [5.41, 5.74) is 0.676. The zero-order valence-corrected chi connectivity index (χ0v) is 11.9. The number of benzene rings is 1. The lowest BCUT2D eigenvalue weighted by Crippen LogP contribution is -2.25. The average Bonchev–Trinajstić information content (AvgIpc) is 2.37. The second-order valence-electron chi connectivity index (χ2n) is 4.17. The van der Waals surface area contributed by atoms with Gasteiger partial charge in [-0.05, 0) is 25.0 Å². The minimum atomic E-state index is -3.40. The topological polar surface area (TPSA) is 58.2 Å². The van der Waals surface area contributed by atoms with Crippen LogP contribution in [0.5, 0.6) is 0 Å². The van der Waals surface area contributed by atoms with Crippen LogP contribution in [0.25, 0.3) is 0 Å². The lowest BCUT2D eigenvalue weighted by atomic mass is 10.3. The molecule has 0 aliphatic rings. The molecule has 1 rings (SSSR count). The molecule has 1 aromatic rings. The van der Waals surface area contributed by atoms with Crippen molar-refractivity contribution in [1.29, 1.82) is 0 Å². The summed E-state index contributed by atoms with van der Waals surface area (Å²) in [5.74, 6) is 0. The van der Waals surface area contributed by atoms with E-state index in [0.29, 0.717) is 17.1 Å². The van der Waals surface area contributed by atoms with E-state index in [1.165, 1.54) is 0 Å². The SMILES string of the molecule is CCCCNc1ccccc1S(=O)(=O)NCCC. The molecule has 102 valence electrons. The summed E-state index contributed by atoms with van der Waals surface area (Å²) in [6.45, 7) is 5.30. The number of para-hydroxylation sites is 1. The zero-order valence-electron chi connectivity index (χ0n) is 11.1. The smallest absolute Gasteiger partial charge is 0.242 e. The maximum Gasteiger partial charge on any atom is 0.242 e. The summed E-state index contributed by atoms with van der Waals surface area (Å²) in [6.07, 6.45) is 2.89. The molecule has 2 N–H and O–H groups in total. The molecular formula is C13H22N2O2S. The Kier molecular flexibility index (Phi) is 6.15. The van der Waals surface area contributed by atoms with E-state index < -0.39 is 10.0 Å². The van der Waals surface area contributed by atoms with Crippen LogP contribution in [0.15, 0.2) is 29.2 Å². The standard InChI is InChI=1S/C13H22N2O2S/c1-3-5-11-14-12-8-6-7-9-13(12)18(16,17)15-10-4-2/h6-9,14-15H,3-5,10-11H2,1-2H3. The number of hydrogen-bond donors (Lipinski definition) is 2. The maximum absolute atomic E-state index is 12.1. The average molecular weight is 270 g/mol. The molecule has 5 heteroatoms. The first-order valence-electron chi connectivity index (χ1n) is 6.44. The minimum Gasteiger partial charge on any atom is -0.384 e. The van der Waals surface area contributed by atoms with E-state index in [9.17, 15) is 8.42 Å². The predicted molar refractivity (Wildman–Crippen MR) is 75.3 cm³/mol. The Morgan fingerprint density at radius 1 is 1.06 bits per heavy atom. The van der Waals surface area contributed by atoms with Crippen molar-refractivity contribution in [2.45, 2.75) is 38.0 Å². The Balaban J connectivity index is 2.87. The van der Waals surface area contributed by atoms with Crippen molar-refractivity contribution in [3.63, 3.8) is 0 Å². The van der Waals surface area contributed by atoms with Crippen LogP contribution in [0.3, 0.4) is 0 Å². The van der Waals surface area contributed by atoms with Gasteiger partial charge in [0.05, 0.1) is 5.69 Å². The molecule has 0 saturated heterocycles. The molecule has 0 fully saturated rings. The molecule has 18 heavy (non-hydrogen) atoms. The van der Waals surface area contributed by atoms with E-state index in [1.807, 2.05) is 13.0 Å². The van der Waals surface area contributed by atoms with Gasteiger partial charge in [-0.25, -0.2) is 13.1 Å². The summed E-state index contributed by atoms with van der Waals surface area (Å²) < 4.78 is 26.8. The van der Waals surface area contributed by atoms with Gasteiger partial charge in [0, 0.05) is 13.1 Å². The molecule has 0 atom stereocenters. The van der Waals surface area contributed by atoms with Gasteiger partial charge < -0.3 is 5.32 Å². The number of unbranched alkanes of at least 4 members (excludes halogenated alkanes) is 1. The molecule has 1 aromatic carbocycles. The van der Waals surface area contributed by atoms with E-state index in [0.717, 1.165) is 25.8 Å². The summed E-state index contributed by atoms with van der Waals surface area (Å²) in [4.78, 5) is 0.328. The quantitative estimate of drug-likeness (QED) is 0.714. The number of rotatable bonds is 8. The summed E-state index contributed by atoms with van der Waals surface area (Å²) in [7, 11) is -3.40. The lowest BCUT2D eigenvalue weighted by molar-refractivity contribution is 0.581. The van der Waals surface area contributed by atoms with Gasteiger partial charge in [0.1, 0.15) is 4.90 Å². The molecule has 0 amide bonds. The first kappa shape index (κ1) is 15.0. The fourth-order valence-corrected chi connectivity index (χ4v) is 2.88. The zero-order chi connectivity index (χ0) is 13.4. The van der Waals surface area contributed by atoms with Gasteiger partial charge in [-0.2, -0.15) is 0 Å². The van der Waals surface area contributed by atoms with Crippen LogP contribution in [0.1, 0.15) is 33.1 Å². The molecule has 0 aliphatic heterocycles. The second kappa shape index (κ2) is 7.38. The maximum atomic E-state index is 12.1.